The molecule has 1 heterocycles. The summed E-state index contributed by atoms with van der Waals surface area (Å²) in [4.78, 5) is 28.2. The van der Waals surface area contributed by atoms with Crippen LogP contribution in [0.1, 0.15) is 55.7 Å². The molecule has 0 atom stereocenters. The molecule has 1 aromatic carbocycles. The lowest BCUT2D eigenvalue weighted by atomic mass is 9.97. The van der Waals surface area contributed by atoms with Gasteiger partial charge in [0.25, 0.3) is 0 Å². The van der Waals surface area contributed by atoms with Gasteiger partial charge in [-0.3, -0.25) is 9.59 Å². The van der Waals surface area contributed by atoms with Crippen molar-refractivity contribution in [3.63, 3.8) is 0 Å². The largest absolute Gasteiger partial charge is 0.356 e. The maximum atomic E-state index is 12.0. The van der Waals surface area contributed by atoms with Gasteiger partial charge in [-0.25, -0.2) is 0 Å². The summed E-state index contributed by atoms with van der Waals surface area (Å²) in [5.74, 6) is 0.835. The fraction of sp³-hybridized carbons (Fsp3) is 0.444. The normalized spacial score (nSPS) is 11.4. The summed E-state index contributed by atoms with van der Waals surface area (Å²) in [5.41, 5.74) is 0.316. The summed E-state index contributed by atoms with van der Waals surface area (Å²) < 4.78 is 5.19. The van der Waals surface area contributed by atoms with Gasteiger partial charge >= 0.3 is 0 Å². The van der Waals surface area contributed by atoms with E-state index in [0.29, 0.717) is 35.3 Å². The molecule has 0 spiro atoms. The highest BCUT2D eigenvalue weighted by Crippen LogP contribution is 2.19. The lowest BCUT2D eigenvalue weighted by molar-refractivity contribution is -0.121. The molecule has 2 aromatic rings. The van der Waals surface area contributed by atoms with Gasteiger partial charge in [0.05, 0.1) is 0 Å². The van der Waals surface area contributed by atoms with Crippen LogP contribution in [0.3, 0.4) is 0 Å². The average Bonchev–Trinajstić information content (AvgIpc) is 3.02. The van der Waals surface area contributed by atoms with Gasteiger partial charge in [-0.05, 0) is 12.1 Å². The van der Waals surface area contributed by atoms with Crippen LogP contribution >= 0.6 is 11.6 Å². The molecular weight excluding hydrogens is 342 g/mol. The van der Waals surface area contributed by atoms with Gasteiger partial charge in [0.2, 0.25) is 11.8 Å². The number of amides is 1. The molecule has 134 valence electrons. The molecule has 1 N–H and O–H groups in total. The fourth-order valence-electron chi connectivity index (χ4n) is 2.10. The Bertz CT molecular complexity index is 750. The third-order valence-corrected chi connectivity index (χ3v) is 3.74. The van der Waals surface area contributed by atoms with Crippen molar-refractivity contribution in [3.05, 3.63) is 46.6 Å². The van der Waals surface area contributed by atoms with Gasteiger partial charge in [0, 0.05) is 41.8 Å². The Morgan fingerprint density at radius 1 is 1.24 bits per heavy atom. The first-order chi connectivity index (χ1) is 11.8. The monoisotopic (exact) mass is 363 g/mol. The maximum Gasteiger partial charge on any atom is 0.232 e. The Kier molecular flexibility index (Phi) is 6.31. The third-order valence-electron chi connectivity index (χ3n) is 3.51. The van der Waals surface area contributed by atoms with E-state index in [9.17, 15) is 9.59 Å². The second-order valence-corrected chi connectivity index (χ2v) is 7.24. The van der Waals surface area contributed by atoms with Gasteiger partial charge in [-0.2, -0.15) is 4.98 Å². The first kappa shape index (κ1) is 19.1. The number of carbonyl (C=O) groups is 2. The van der Waals surface area contributed by atoms with Crippen molar-refractivity contribution in [1.29, 1.82) is 0 Å². The third kappa shape index (κ3) is 5.98. The molecule has 0 fully saturated rings. The van der Waals surface area contributed by atoms with Crippen LogP contribution in [0.2, 0.25) is 5.02 Å². The molecule has 0 saturated heterocycles. The van der Waals surface area contributed by atoms with E-state index < -0.39 is 0 Å². The highest BCUT2D eigenvalue weighted by Gasteiger charge is 2.21. The molecule has 0 aliphatic heterocycles. The number of Topliss-reactive ketones (excluding diaryl/α,β-unsaturated/α-hetero) is 1. The average molecular weight is 364 g/mol. The number of nitrogens with one attached hydrogen (secondary N) is 1. The number of ketones is 1. The van der Waals surface area contributed by atoms with E-state index in [-0.39, 0.29) is 29.9 Å². The van der Waals surface area contributed by atoms with Crippen molar-refractivity contribution in [2.75, 3.05) is 6.54 Å². The Balaban J connectivity index is 1.72. The van der Waals surface area contributed by atoms with Crippen molar-refractivity contribution < 1.29 is 14.1 Å². The quantitative estimate of drug-likeness (QED) is 0.762. The van der Waals surface area contributed by atoms with Crippen LogP contribution in [0, 0.1) is 0 Å². The van der Waals surface area contributed by atoms with Crippen LogP contribution < -0.4 is 5.32 Å². The van der Waals surface area contributed by atoms with E-state index in [0.717, 1.165) is 0 Å². The van der Waals surface area contributed by atoms with Gasteiger partial charge in [0.1, 0.15) is 0 Å². The molecule has 25 heavy (non-hydrogen) atoms. The second kappa shape index (κ2) is 8.25. The van der Waals surface area contributed by atoms with Crippen molar-refractivity contribution in [1.82, 2.24) is 15.5 Å². The van der Waals surface area contributed by atoms with Crippen molar-refractivity contribution in [2.45, 2.75) is 45.4 Å². The zero-order chi connectivity index (χ0) is 18.4. The molecule has 1 amide bonds. The minimum absolute atomic E-state index is 0.106. The van der Waals surface area contributed by atoms with Crippen LogP contribution in [0.15, 0.2) is 28.8 Å². The number of aromatic nitrogens is 2. The number of nitrogens with zero attached hydrogens (tertiary/aromatic N) is 2. The minimum atomic E-state index is -0.199. The van der Waals surface area contributed by atoms with E-state index in [1.807, 2.05) is 20.8 Å². The smallest absolute Gasteiger partial charge is 0.232 e. The maximum absolute atomic E-state index is 12.0. The number of benzene rings is 1. The number of hydrogen-bond acceptors (Lipinski definition) is 5. The summed E-state index contributed by atoms with van der Waals surface area (Å²) in [6.07, 6.45) is 0.751. The Labute approximate surface area is 151 Å². The fourth-order valence-corrected chi connectivity index (χ4v) is 2.29. The lowest BCUT2D eigenvalue weighted by Gasteiger charge is -2.10. The van der Waals surface area contributed by atoms with Crippen LogP contribution in [0.25, 0.3) is 0 Å². The standard InChI is InChI=1S/C18H22ClN3O3/c1-18(2,3)17-21-15(22-25-17)9-10-20-16(24)8-7-14(23)12-5-4-6-13(19)11-12/h4-6,11H,7-10H2,1-3H3,(H,20,24). The second-order valence-electron chi connectivity index (χ2n) is 6.80. The molecule has 0 saturated carbocycles. The van der Waals surface area contributed by atoms with Gasteiger partial charge in [0.15, 0.2) is 11.6 Å². The molecule has 0 unspecified atom stereocenters. The van der Waals surface area contributed by atoms with Crippen LogP contribution in [-0.2, 0) is 16.6 Å². The first-order valence-corrected chi connectivity index (χ1v) is 8.52. The summed E-state index contributed by atoms with van der Waals surface area (Å²) in [6.45, 7) is 6.36. The summed E-state index contributed by atoms with van der Waals surface area (Å²) in [7, 11) is 0. The number of carbonyl (C=O) groups excluding carboxylic acids is 2. The van der Waals surface area contributed by atoms with Crippen LogP contribution in [0.4, 0.5) is 0 Å². The van der Waals surface area contributed by atoms with Crippen molar-refractivity contribution >= 4 is 23.3 Å². The van der Waals surface area contributed by atoms with Crippen molar-refractivity contribution in [3.8, 4) is 0 Å². The van der Waals surface area contributed by atoms with E-state index in [1.165, 1.54) is 0 Å². The highest BCUT2D eigenvalue weighted by atomic mass is 35.5. The number of halogens is 1. The molecule has 1 aromatic heterocycles. The van der Waals surface area contributed by atoms with E-state index in [4.69, 9.17) is 16.1 Å². The van der Waals surface area contributed by atoms with Gasteiger partial charge in [-0.15, -0.1) is 0 Å². The van der Waals surface area contributed by atoms with E-state index in [1.54, 1.807) is 24.3 Å². The van der Waals surface area contributed by atoms with E-state index in [2.05, 4.69) is 15.5 Å². The van der Waals surface area contributed by atoms with Crippen molar-refractivity contribution in [2.24, 2.45) is 0 Å². The minimum Gasteiger partial charge on any atom is -0.356 e. The van der Waals surface area contributed by atoms with Gasteiger partial charge in [-0.1, -0.05) is 49.7 Å². The summed E-state index contributed by atoms with van der Waals surface area (Å²) >= 11 is 5.86. The van der Waals surface area contributed by atoms with Gasteiger partial charge < -0.3 is 9.84 Å². The van der Waals surface area contributed by atoms with Crippen LogP contribution in [-0.4, -0.2) is 28.4 Å². The summed E-state index contributed by atoms with van der Waals surface area (Å²) in [5, 5.41) is 7.16. The van der Waals surface area contributed by atoms with Crippen LogP contribution in [0.5, 0.6) is 0 Å². The zero-order valence-corrected chi connectivity index (χ0v) is 15.4. The molecule has 7 heteroatoms. The molecular formula is C18H22ClN3O3. The highest BCUT2D eigenvalue weighted by molar-refractivity contribution is 6.31. The molecule has 6 nitrogen and oxygen atoms in total. The zero-order valence-electron chi connectivity index (χ0n) is 14.6. The molecule has 0 radical (unpaired) electrons. The Morgan fingerprint density at radius 3 is 2.64 bits per heavy atom. The number of hydrogen-bond donors (Lipinski definition) is 1. The predicted molar refractivity (Wildman–Crippen MR) is 94.7 cm³/mol. The molecule has 0 bridgehead atoms. The molecule has 0 aliphatic rings. The number of rotatable bonds is 7. The lowest BCUT2D eigenvalue weighted by Crippen LogP contribution is -2.26. The molecule has 0 aliphatic carbocycles. The SMILES string of the molecule is CC(C)(C)c1nc(CCNC(=O)CCC(=O)c2cccc(Cl)c2)no1. The Hall–Kier alpha value is -2.21. The Morgan fingerprint density at radius 2 is 2.00 bits per heavy atom. The summed E-state index contributed by atoms with van der Waals surface area (Å²) in [6, 6.07) is 6.71. The first-order valence-electron chi connectivity index (χ1n) is 8.14. The predicted octanol–water partition coefficient (Wildman–Crippen LogP) is 3.34. The van der Waals surface area contributed by atoms with E-state index >= 15 is 0 Å². The molecule has 2 rings (SSSR count). The topological polar surface area (TPSA) is 85.1 Å².